The van der Waals surface area contributed by atoms with E-state index in [0.717, 1.165) is 26.2 Å². The zero-order valence-corrected chi connectivity index (χ0v) is 12.0. The molecule has 0 amide bonds. The SMILES string of the molecule is CCCNCC1CCC(CN(CC)C(C)C)O1. The van der Waals surface area contributed by atoms with Crippen LogP contribution in [-0.4, -0.2) is 49.3 Å². The van der Waals surface area contributed by atoms with E-state index in [-0.39, 0.29) is 0 Å². The molecule has 0 aromatic rings. The Kier molecular flexibility index (Phi) is 7.09. The van der Waals surface area contributed by atoms with Gasteiger partial charge in [0.15, 0.2) is 0 Å². The Bertz CT molecular complexity index is 197. The summed E-state index contributed by atoms with van der Waals surface area (Å²) >= 11 is 0. The van der Waals surface area contributed by atoms with Crippen molar-refractivity contribution in [3.63, 3.8) is 0 Å². The summed E-state index contributed by atoms with van der Waals surface area (Å²) in [6, 6.07) is 0.626. The third-order valence-electron chi connectivity index (χ3n) is 3.57. The van der Waals surface area contributed by atoms with Gasteiger partial charge < -0.3 is 10.1 Å². The van der Waals surface area contributed by atoms with E-state index >= 15 is 0 Å². The molecule has 0 aromatic carbocycles. The molecule has 1 heterocycles. The first-order valence-corrected chi connectivity index (χ1v) is 7.27. The first-order chi connectivity index (χ1) is 8.17. The summed E-state index contributed by atoms with van der Waals surface area (Å²) in [5.74, 6) is 0. The van der Waals surface area contributed by atoms with Crippen molar-refractivity contribution < 1.29 is 4.74 Å². The van der Waals surface area contributed by atoms with Crippen LogP contribution in [0.15, 0.2) is 0 Å². The van der Waals surface area contributed by atoms with E-state index in [1.54, 1.807) is 0 Å². The second-order valence-electron chi connectivity index (χ2n) is 5.34. The maximum Gasteiger partial charge on any atom is 0.0707 e. The van der Waals surface area contributed by atoms with Crippen molar-refractivity contribution in [1.29, 1.82) is 0 Å². The van der Waals surface area contributed by atoms with Gasteiger partial charge in [0.2, 0.25) is 0 Å². The molecule has 2 atom stereocenters. The Hall–Kier alpha value is -0.120. The Labute approximate surface area is 107 Å². The van der Waals surface area contributed by atoms with Crippen LogP contribution in [0.2, 0.25) is 0 Å². The predicted octanol–water partition coefficient (Wildman–Crippen LogP) is 2.26. The summed E-state index contributed by atoms with van der Waals surface area (Å²) in [6.07, 6.45) is 4.54. The van der Waals surface area contributed by atoms with Gasteiger partial charge >= 0.3 is 0 Å². The fraction of sp³-hybridized carbons (Fsp3) is 1.00. The minimum absolute atomic E-state index is 0.442. The first kappa shape index (κ1) is 14.9. The lowest BCUT2D eigenvalue weighted by Gasteiger charge is -2.27. The van der Waals surface area contributed by atoms with Crippen LogP contribution >= 0.6 is 0 Å². The zero-order chi connectivity index (χ0) is 12.7. The highest BCUT2D eigenvalue weighted by molar-refractivity contribution is 4.78. The molecule has 0 spiro atoms. The monoisotopic (exact) mass is 242 g/mol. The quantitative estimate of drug-likeness (QED) is 0.661. The normalized spacial score (nSPS) is 25.1. The molecule has 1 fully saturated rings. The van der Waals surface area contributed by atoms with Crippen LogP contribution < -0.4 is 5.32 Å². The first-order valence-electron chi connectivity index (χ1n) is 7.27. The lowest BCUT2D eigenvalue weighted by atomic mass is 10.1. The van der Waals surface area contributed by atoms with Crippen LogP contribution in [0.3, 0.4) is 0 Å². The summed E-state index contributed by atoms with van der Waals surface area (Å²) in [6.45, 7) is 13.3. The fourth-order valence-electron chi connectivity index (χ4n) is 2.47. The van der Waals surface area contributed by atoms with E-state index in [1.807, 2.05) is 0 Å². The molecule has 1 aliphatic heterocycles. The molecular weight excluding hydrogens is 212 g/mol. The highest BCUT2D eigenvalue weighted by Gasteiger charge is 2.26. The number of nitrogens with zero attached hydrogens (tertiary/aromatic N) is 1. The van der Waals surface area contributed by atoms with Gasteiger partial charge in [0, 0.05) is 19.1 Å². The number of rotatable bonds is 8. The van der Waals surface area contributed by atoms with Gasteiger partial charge in [-0.05, 0) is 46.2 Å². The fourth-order valence-corrected chi connectivity index (χ4v) is 2.47. The van der Waals surface area contributed by atoms with Crippen LogP contribution in [0.4, 0.5) is 0 Å². The summed E-state index contributed by atoms with van der Waals surface area (Å²) < 4.78 is 6.09. The van der Waals surface area contributed by atoms with Crippen LogP contribution in [0.1, 0.15) is 47.0 Å². The maximum absolute atomic E-state index is 6.09. The average Bonchev–Trinajstić information content (AvgIpc) is 2.74. The molecule has 0 aromatic heterocycles. The van der Waals surface area contributed by atoms with Gasteiger partial charge in [0.25, 0.3) is 0 Å². The topological polar surface area (TPSA) is 24.5 Å². The van der Waals surface area contributed by atoms with Gasteiger partial charge in [0.1, 0.15) is 0 Å². The lowest BCUT2D eigenvalue weighted by molar-refractivity contribution is 0.0186. The zero-order valence-electron chi connectivity index (χ0n) is 12.0. The molecule has 1 saturated heterocycles. The van der Waals surface area contributed by atoms with Crippen molar-refractivity contribution in [1.82, 2.24) is 10.2 Å². The van der Waals surface area contributed by atoms with Gasteiger partial charge in [-0.15, -0.1) is 0 Å². The second-order valence-corrected chi connectivity index (χ2v) is 5.34. The van der Waals surface area contributed by atoms with E-state index in [4.69, 9.17) is 4.74 Å². The summed E-state index contributed by atoms with van der Waals surface area (Å²) in [4.78, 5) is 2.49. The molecule has 0 bridgehead atoms. The molecule has 17 heavy (non-hydrogen) atoms. The van der Waals surface area contributed by atoms with Crippen molar-refractivity contribution in [3.05, 3.63) is 0 Å². The summed E-state index contributed by atoms with van der Waals surface area (Å²) in [5, 5.41) is 3.45. The number of hydrogen-bond donors (Lipinski definition) is 1. The summed E-state index contributed by atoms with van der Waals surface area (Å²) in [5.41, 5.74) is 0. The van der Waals surface area contributed by atoms with Crippen LogP contribution in [0.5, 0.6) is 0 Å². The molecule has 102 valence electrons. The molecule has 2 unspecified atom stereocenters. The standard InChI is InChI=1S/C14H30N2O/c1-5-9-15-10-13-7-8-14(17-13)11-16(6-2)12(3)4/h12-15H,5-11H2,1-4H3. The van der Waals surface area contributed by atoms with E-state index < -0.39 is 0 Å². The Balaban J connectivity index is 2.20. The van der Waals surface area contributed by atoms with Crippen LogP contribution in [0, 0.1) is 0 Å². The van der Waals surface area contributed by atoms with Crippen LogP contribution in [-0.2, 0) is 4.74 Å². The molecular formula is C14H30N2O. The molecule has 1 rings (SSSR count). The third-order valence-corrected chi connectivity index (χ3v) is 3.57. The van der Waals surface area contributed by atoms with Gasteiger partial charge in [-0.2, -0.15) is 0 Å². The highest BCUT2D eigenvalue weighted by atomic mass is 16.5. The number of likely N-dealkylation sites (N-methyl/N-ethyl adjacent to an activating group) is 1. The average molecular weight is 242 g/mol. The van der Waals surface area contributed by atoms with Gasteiger partial charge in [-0.1, -0.05) is 13.8 Å². The lowest BCUT2D eigenvalue weighted by Crippen LogP contribution is -2.38. The molecule has 1 N–H and O–H groups in total. The molecule has 3 heteroatoms. The Morgan fingerprint density at radius 3 is 2.53 bits per heavy atom. The van der Waals surface area contributed by atoms with Crippen molar-refractivity contribution >= 4 is 0 Å². The van der Waals surface area contributed by atoms with Crippen molar-refractivity contribution in [2.24, 2.45) is 0 Å². The summed E-state index contributed by atoms with van der Waals surface area (Å²) in [7, 11) is 0. The van der Waals surface area contributed by atoms with Crippen molar-refractivity contribution in [2.75, 3.05) is 26.2 Å². The molecule has 1 aliphatic rings. The van der Waals surface area contributed by atoms with Gasteiger partial charge in [0.05, 0.1) is 12.2 Å². The molecule has 3 nitrogen and oxygen atoms in total. The molecule has 0 aliphatic carbocycles. The van der Waals surface area contributed by atoms with Gasteiger partial charge in [-0.3, -0.25) is 4.90 Å². The van der Waals surface area contributed by atoms with Gasteiger partial charge in [-0.25, -0.2) is 0 Å². The number of ether oxygens (including phenoxy) is 1. The minimum Gasteiger partial charge on any atom is -0.372 e. The van der Waals surface area contributed by atoms with Crippen LogP contribution in [0.25, 0.3) is 0 Å². The number of hydrogen-bond acceptors (Lipinski definition) is 3. The second kappa shape index (κ2) is 8.06. The highest BCUT2D eigenvalue weighted by Crippen LogP contribution is 2.20. The molecule has 0 radical (unpaired) electrons. The van der Waals surface area contributed by atoms with E-state index in [2.05, 4.69) is 37.9 Å². The van der Waals surface area contributed by atoms with E-state index in [1.165, 1.54) is 19.3 Å². The number of nitrogens with one attached hydrogen (secondary N) is 1. The van der Waals surface area contributed by atoms with Crippen molar-refractivity contribution in [3.8, 4) is 0 Å². The van der Waals surface area contributed by atoms with E-state index in [0.29, 0.717) is 18.2 Å². The molecule has 0 saturated carbocycles. The smallest absolute Gasteiger partial charge is 0.0707 e. The minimum atomic E-state index is 0.442. The maximum atomic E-state index is 6.09. The Morgan fingerprint density at radius 1 is 1.24 bits per heavy atom. The Morgan fingerprint density at radius 2 is 1.94 bits per heavy atom. The van der Waals surface area contributed by atoms with Crippen molar-refractivity contribution in [2.45, 2.75) is 65.2 Å². The third kappa shape index (κ3) is 5.36. The largest absolute Gasteiger partial charge is 0.372 e. The van der Waals surface area contributed by atoms with E-state index in [9.17, 15) is 0 Å². The predicted molar refractivity (Wildman–Crippen MR) is 73.4 cm³/mol.